The van der Waals surface area contributed by atoms with Crippen LogP contribution in [0, 0.1) is 17.8 Å². The Morgan fingerprint density at radius 3 is 2.42 bits per heavy atom. The lowest BCUT2D eigenvalue weighted by Crippen LogP contribution is -2.29. The summed E-state index contributed by atoms with van der Waals surface area (Å²) in [6.07, 6.45) is 25.8. The van der Waals surface area contributed by atoms with Crippen molar-refractivity contribution in [1.82, 2.24) is 0 Å². The first-order chi connectivity index (χ1) is 11.8. The summed E-state index contributed by atoms with van der Waals surface area (Å²) in [5.41, 5.74) is 0. The SMILES string of the molecule is CCC/C=C/O[C@@H]1CCC[C@@H](C2CCC(CCCCCC)CC2)C1. The van der Waals surface area contributed by atoms with E-state index in [4.69, 9.17) is 4.74 Å². The topological polar surface area (TPSA) is 9.23 Å². The van der Waals surface area contributed by atoms with E-state index in [9.17, 15) is 0 Å². The first-order valence-corrected chi connectivity index (χ1v) is 11.1. The molecule has 0 aromatic heterocycles. The van der Waals surface area contributed by atoms with Crippen LogP contribution in [-0.2, 0) is 4.74 Å². The zero-order valence-electron chi connectivity index (χ0n) is 16.5. The van der Waals surface area contributed by atoms with Crippen molar-refractivity contribution in [3.63, 3.8) is 0 Å². The van der Waals surface area contributed by atoms with Gasteiger partial charge in [-0.15, -0.1) is 0 Å². The van der Waals surface area contributed by atoms with Crippen molar-refractivity contribution < 1.29 is 4.74 Å². The van der Waals surface area contributed by atoms with Crippen LogP contribution >= 0.6 is 0 Å². The number of rotatable bonds is 10. The van der Waals surface area contributed by atoms with Crippen LogP contribution in [0.15, 0.2) is 12.3 Å². The summed E-state index contributed by atoms with van der Waals surface area (Å²) in [5, 5.41) is 0. The second-order valence-electron chi connectivity index (χ2n) is 8.48. The smallest absolute Gasteiger partial charge is 0.0981 e. The van der Waals surface area contributed by atoms with Gasteiger partial charge in [-0.2, -0.15) is 0 Å². The highest BCUT2D eigenvalue weighted by atomic mass is 16.5. The molecule has 2 fully saturated rings. The first-order valence-electron chi connectivity index (χ1n) is 11.1. The molecule has 1 heteroatoms. The molecule has 2 aliphatic carbocycles. The van der Waals surface area contributed by atoms with Gasteiger partial charge < -0.3 is 4.74 Å². The van der Waals surface area contributed by atoms with Crippen molar-refractivity contribution in [3.05, 3.63) is 12.3 Å². The van der Waals surface area contributed by atoms with E-state index in [-0.39, 0.29) is 0 Å². The highest BCUT2D eigenvalue weighted by molar-refractivity contribution is 4.84. The quantitative estimate of drug-likeness (QED) is 0.294. The van der Waals surface area contributed by atoms with Gasteiger partial charge in [0.1, 0.15) is 0 Å². The second kappa shape index (κ2) is 12.0. The molecule has 0 N–H and O–H groups in total. The Morgan fingerprint density at radius 2 is 1.67 bits per heavy atom. The molecule has 140 valence electrons. The first kappa shape index (κ1) is 19.9. The fourth-order valence-corrected chi connectivity index (χ4v) is 4.94. The minimum atomic E-state index is 0.503. The van der Waals surface area contributed by atoms with Crippen molar-refractivity contribution in [2.45, 2.75) is 116 Å². The zero-order valence-corrected chi connectivity index (χ0v) is 16.5. The Kier molecular flexibility index (Phi) is 9.92. The van der Waals surface area contributed by atoms with Crippen LogP contribution in [0.4, 0.5) is 0 Å². The largest absolute Gasteiger partial charge is 0.498 e. The second-order valence-corrected chi connectivity index (χ2v) is 8.48. The van der Waals surface area contributed by atoms with E-state index in [1.54, 1.807) is 0 Å². The fraction of sp³-hybridized carbons (Fsp3) is 0.913. The van der Waals surface area contributed by atoms with Gasteiger partial charge in [0.25, 0.3) is 0 Å². The van der Waals surface area contributed by atoms with Gasteiger partial charge in [0.05, 0.1) is 12.4 Å². The number of ether oxygens (including phenoxy) is 1. The van der Waals surface area contributed by atoms with Gasteiger partial charge in [0.2, 0.25) is 0 Å². The van der Waals surface area contributed by atoms with Crippen LogP contribution in [0.2, 0.25) is 0 Å². The summed E-state index contributed by atoms with van der Waals surface area (Å²) in [7, 11) is 0. The van der Waals surface area contributed by atoms with Gasteiger partial charge in [-0.3, -0.25) is 0 Å². The molecule has 2 rings (SSSR count). The van der Waals surface area contributed by atoms with E-state index in [1.807, 2.05) is 6.26 Å². The van der Waals surface area contributed by atoms with Gasteiger partial charge in [-0.25, -0.2) is 0 Å². The van der Waals surface area contributed by atoms with Crippen LogP contribution < -0.4 is 0 Å². The molecule has 24 heavy (non-hydrogen) atoms. The molecule has 0 bridgehead atoms. The summed E-state index contributed by atoms with van der Waals surface area (Å²) in [6.45, 7) is 4.53. The monoisotopic (exact) mass is 334 g/mol. The van der Waals surface area contributed by atoms with E-state index in [0.29, 0.717) is 6.10 Å². The van der Waals surface area contributed by atoms with Crippen molar-refractivity contribution in [1.29, 1.82) is 0 Å². The molecule has 2 atom stereocenters. The Morgan fingerprint density at radius 1 is 0.833 bits per heavy atom. The fourth-order valence-electron chi connectivity index (χ4n) is 4.94. The molecule has 2 aliphatic rings. The molecular formula is C23H42O. The third kappa shape index (κ3) is 7.19. The molecule has 0 spiro atoms. The van der Waals surface area contributed by atoms with E-state index < -0.39 is 0 Å². The number of unbranched alkanes of at least 4 members (excludes halogenated alkanes) is 4. The van der Waals surface area contributed by atoms with Crippen LogP contribution in [-0.4, -0.2) is 6.10 Å². The lowest BCUT2D eigenvalue weighted by Gasteiger charge is -2.38. The number of allylic oxidation sites excluding steroid dienone is 1. The predicted octanol–water partition coefficient (Wildman–Crippen LogP) is 7.65. The van der Waals surface area contributed by atoms with Crippen LogP contribution in [0.25, 0.3) is 0 Å². The van der Waals surface area contributed by atoms with E-state index in [0.717, 1.165) is 24.2 Å². The highest BCUT2D eigenvalue weighted by Gasteiger charge is 2.31. The Bertz CT molecular complexity index is 327. The molecule has 0 saturated heterocycles. The summed E-state index contributed by atoms with van der Waals surface area (Å²) >= 11 is 0. The maximum atomic E-state index is 6.02. The predicted molar refractivity (Wildman–Crippen MR) is 105 cm³/mol. The highest BCUT2D eigenvalue weighted by Crippen LogP contribution is 2.41. The molecule has 0 aromatic carbocycles. The summed E-state index contributed by atoms with van der Waals surface area (Å²) in [4.78, 5) is 0. The van der Waals surface area contributed by atoms with E-state index in [1.165, 1.54) is 89.9 Å². The molecule has 0 aliphatic heterocycles. The molecule has 2 saturated carbocycles. The molecule has 0 amide bonds. The normalized spacial score (nSPS) is 31.4. The minimum absolute atomic E-state index is 0.503. The van der Waals surface area contributed by atoms with Gasteiger partial charge in [0, 0.05) is 0 Å². The standard InChI is InChI=1S/C23H42O/c1-3-5-7-8-11-20-14-16-21(17-15-20)22-12-10-13-23(19-22)24-18-9-6-4-2/h9,18,20-23H,3-8,10-17,19H2,1-2H3/b18-9+/t20?,21?,22-,23-/m1/s1. The van der Waals surface area contributed by atoms with Crippen LogP contribution in [0.3, 0.4) is 0 Å². The molecule has 0 aromatic rings. The maximum Gasteiger partial charge on any atom is 0.0981 e. The molecule has 0 heterocycles. The summed E-state index contributed by atoms with van der Waals surface area (Å²) < 4.78 is 6.02. The van der Waals surface area contributed by atoms with Gasteiger partial charge in [-0.05, 0) is 68.8 Å². The number of hydrogen-bond donors (Lipinski definition) is 0. The Hall–Kier alpha value is -0.460. The van der Waals surface area contributed by atoms with Crippen LogP contribution in [0.1, 0.15) is 110 Å². The third-order valence-corrected chi connectivity index (χ3v) is 6.51. The van der Waals surface area contributed by atoms with Gasteiger partial charge in [0.15, 0.2) is 0 Å². The van der Waals surface area contributed by atoms with Crippen LogP contribution in [0.5, 0.6) is 0 Å². The van der Waals surface area contributed by atoms with Gasteiger partial charge >= 0.3 is 0 Å². The maximum absolute atomic E-state index is 6.02. The van der Waals surface area contributed by atoms with Crippen molar-refractivity contribution >= 4 is 0 Å². The Labute approximate surface area is 151 Å². The van der Waals surface area contributed by atoms with Crippen molar-refractivity contribution in [2.24, 2.45) is 17.8 Å². The zero-order chi connectivity index (χ0) is 17.0. The average Bonchev–Trinajstić information content (AvgIpc) is 2.63. The lowest BCUT2D eigenvalue weighted by molar-refractivity contribution is 0.0510. The molecule has 0 radical (unpaired) electrons. The minimum Gasteiger partial charge on any atom is -0.498 e. The molecule has 0 unspecified atom stereocenters. The average molecular weight is 335 g/mol. The lowest BCUT2D eigenvalue weighted by atomic mass is 9.70. The van der Waals surface area contributed by atoms with Crippen molar-refractivity contribution in [2.75, 3.05) is 0 Å². The number of hydrogen-bond acceptors (Lipinski definition) is 1. The van der Waals surface area contributed by atoms with Gasteiger partial charge in [-0.1, -0.05) is 65.2 Å². The summed E-state index contributed by atoms with van der Waals surface area (Å²) in [6, 6.07) is 0. The van der Waals surface area contributed by atoms with E-state index >= 15 is 0 Å². The third-order valence-electron chi connectivity index (χ3n) is 6.51. The summed E-state index contributed by atoms with van der Waals surface area (Å²) in [5.74, 6) is 3.00. The Balaban J connectivity index is 1.64. The van der Waals surface area contributed by atoms with Crippen molar-refractivity contribution in [3.8, 4) is 0 Å². The molecular weight excluding hydrogens is 292 g/mol. The van der Waals surface area contributed by atoms with E-state index in [2.05, 4.69) is 19.9 Å². The molecule has 1 nitrogen and oxygen atoms in total.